The minimum atomic E-state index is -0.268. The minimum Gasteiger partial charge on any atom is -0.462 e. The summed E-state index contributed by atoms with van der Waals surface area (Å²) in [4.78, 5) is 11.3. The molecule has 0 heterocycles. The van der Waals surface area contributed by atoms with E-state index in [4.69, 9.17) is 4.74 Å². The van der Waals surface area contributed by atoms with Crippen LogP contribution in [0.25, 0.3) is 0 Å². The van der Waals surface area contributed by atoms with Crippen LogP contribution < -0.4 is 0 Å². The van der Waals surface area contributed by atoms with E-state index < -0.39 is 0 Å². The molecule has 0 aromatic carbocycles. The van der Waals surface area contributed by atoms with Crippen molar-refractivity contribution >= 4 is 5.97 Å². The van der Waals surface area contributed by atoms with Gasteiger partial charge >= 0.3 is 5.97 Å². The molecule has 0 saturated carbocycles. The van der Waals surface area contributed by atoms with Crippen LogP contribution in [0.3, 0.4) is 0 Å². The van der Waals surface area contributed by atoms with Gasteiger partial charge in [-0.15, -0.1) is 0 Å². The molecule has 0 fully saturated rings. The molecule has 0 aliphatic rings. The summed E-state index contributed by atoms with van der Waals surface area (Å²) < 4.78 is 5.18. The summed E-state index contributed by atoms with van der Waals surface area (Å²) in [6, 6.07) is 0. The van der Waals surface area contributed by atoms with Crippen molar-refractivity contribution in [1.82, 2.24) is 0 Å². The maximum absolute atomic E-state index is 11.3. The Hall–Kier alpha value is -1.31. The zero-order valence-electron chi connectivity index (χ0n) is 11.5. The van der Waals surface area contributed by atoms with Crippen LogP contribution in [-0.2, 0) is 9.53 Å². The molecule has 0 N–H and O–H groups in total. The highest BCUT2D eigenvalue weighted by Crippen LogP contribution is 2.15. The Labute approximate surface area is 105 Å². The summed E-state index contributed by atoms with van der Waals surface area (Å²) in [5.41, 5.74) is 2.32. The second kappa shape index (κ2) is 8.80. The van der Waals surface area contributed by atoms with Gasteiger partial charge in [0.25, 0.3) is 0 Å². The molecule has 96 valence electrons. The highest BCUT2D eigenvalue weighted by atomic mass is 16.5. The van der Waals surface area contributed by atoms with Crippen LogP contribution in [0.1, 0.15) is 40.5 Å². The summed E-state index contributed by atoms with van der Waals surface area (Å²) in [5.74, 6) is -0.0563. The number of hydrogen-bond donors (Lipinski definition) is 0. The number of carbonyl (C=O) groups is 1. The molecule has 1 atom stereocenters. The van der Waals surface area contributed by atoms with Crippen molar-refractivity contribution in [2.75, 3.05) is 6.61 Å². The molecule has 1 unspecified atom stereocenters. The quantitative estimate of drug-likeness (QED) is 0.379. The molecular weight excluding hydrogens is 212 g/mol. The third-order valence-electron chi connectivity index (χ3n) is 2.42. The SMILES string of the molecule is C=C(C)C(CC=C(C)C)COC(=O)/C=C/CC. The normalized spacial score (nSPS) is 12.2. The molecule has 0 bridgehead atoms. The summed E-state index contributed by atoms with van der Waals surface area (Å²) in [6.07, 6.45) is 7.15. The van der Waals surface area contributed by atoms with E-state index in [0.29, 0.717) is 6.61 Å². The lowest BCUT2D eigenvalue weighted by atomic mass is 9.98. The number of allylic oxidation sites excluding steroid dienone is 3. The number of ether oxygens (including phenoxy) is 1. The molecule has 2 heteroatoms. The molecule has 0 amide bonds. The van der Waals surface area contributed by atoms with Gasteiger partial charge in [-0.2, -0.15) is 0 Å². The Morgan fingerprint density at radius 1 is 1.35 bits per heavy atom. The first-order chi connectivity index (χ1) is 7.97. The molecule has 0 radical (unpaired) electrons. The van der Waals surface area contributed by atoms with Gasteiger partial charge in [0.1, 0.15) is 0 Å². The lowest BCUT2D eigenvalue weighted by Gasteiger charge is -2.14. The van der Waals surface area contributed by atoms with Crippen molar-refractivity contribution in [3.8, 4) is 0 Å². The van der Waals surface area contributed by atoms with Crippen LogP contribution in [0.4, 0.5) is 0 Å². The Kier molecular flexibility index (Phi) is 8.12. The van der Waals surface area contributed by atoms with Gasteiger partial charge in [0.15, 0.2) is 0 Å². The van der Waals surface area contributed by atoms with E-state index in [1.165, 1.54) is 11.6 Å². The van der Waals surface area contributed by atoms with E-state index in [9.17, 15) is 4.79 Å². The molecule has 0 aromatic rings. The van der Waals surface area contributed by atoms with E-state index in [1.807, 2.05) is 13.8 Å². The first kappa shape index (κ1) is 15.7. The van der Waals surface area contributed by atoms with Gasteiger partial charge < -0.3 is 4.74 Å². The topological polar surface area (TPSA) is 26.3 Å². The van der Waals surface area contributed by atoms with Gasteiger partial charge in [-0.05, 0) is 33.6 Å². The van der Waals surface area contributed by atoms with Crippen LogP contribution in [0, 0.1) is 5.92 Å². The molecule has 0 aliphatic heterocycles. The van der Waals surface area contributed by atoms with Gasteiger partial charge in [-0.3, -0.25) is 0 Å². The van der Waals surface area contributed by atoms with Crippen LogP contribution >= 0.6 is 0 Å². The molecule has 2 nitrogen and oxygen atoms in total. The highest BCUT2D eigenvalue weighted by molar-refractivity contribution is 5.81. The maximum atomic E-state index is 11.3. The fourth-order valence-electron chi connectivity index (χ4n) is 1.23. The zero-order chi connectivity index (χ0) is 13.3. The molecular formula is C15H24O2. The predicted molar refractivity (Wildman–Crippen MR) is 72.7 cm³/mol. The largest absolute Gasteiger partial charge is 0.462 e. The van der Waals surface area contributed by atoms with Gasteiger partial charge in [-0.25, -0.2) is 4.79 Å². The highest BCUT2D eigenvalue weighted by Gasteiger charge is 2.10. The zero-order valence-corrected chi connectivity index (χ0v) is 11.5. The molecule has 0 rings (SSSR count). The van der Waals surface area contributed by atoms with Crippen molar-refractivity contribution in [3.63, 3.8) is 0 Å². The number of carbonyl (C=O) groups excluding carboxylic acids is 1. The van der Waals surface area contributed by atoms with Gasteiger partial charge in [0, 0.05) is 12.0 Å². The Morgan fingerprint density at radius 2 is 2.00 bits per heavy atom. The predicted octanol–water partition coefficient (Wildman–Crippen LogP) is 4.04. The van der Waals surface area contributed by atoms with Crippen molar-refractivity contribution in [3.05, 3.63) is 36.0 Å². The van der Waals surface area contributed by atoms with Crippen molar-refractivity contribution in [2.24, 2.45) is 5.92 Å². The third-order valence-corrected chi connectivity index (χ3v) is 2.42. The number of esters is 1. The van der Waals surface area contributed by atoms with E-state index in [-0.39, 0.29) is 11.9 Å². The second-order valence-electron chi connectivity index (χ2n) is 4.50. The summed E-state index contributed by atoms with van der Waals surface area (Å²) in [6.45, 7) is 12.4. The van der Waals surface area contributed by atoms with Crippen molar-refractivity contribution in [2.45, 2.75) is 40.5 Å². The fourth-order valence-corrected chi connectivity index (χ4v) is 1.23. The Bertz CT molecular complexity index is 307. The lowest BCUT2D eigenvalue weighted by Crippen LogP contribution is -2.13. The Morgan fingerprint density at radius 3 is 2.47 bits per heavy atom. The molecule has 0 spiro atoms. The minimum absolute atomic E-state index is 0.212. The van der Waals surface area contributed by atoms with Crippen LogP contribution in [-0.4, -0.2) is 12.6 Å². The van der Waals surface area contributed by atoms with Crippen molar-refractivity contribution in [1.29, 1.82) is 0 Å². The molecule has 0 aliphatic carbocycles. The van der Waals surface area contributed by atoms with Gasteiger partial charge in [0.05, 0.1) is 6.61 Å². The number of hydrogen-bond acceptors (Lipinski definition) is 2. The summed E-state index contributed by atoms with van der Waals surface area (Å²) in [5, 5.41) is 0. The van der Waals surface area contributed by atoms with Gasteiger partial charge in [-0.1, -0.05) is 36.8 Å². The number of rotatable bonds is 7. The van der Waals surface area contributed by atoms with Crippen LogP contribution in [0.5, 0.6) is 0 Å². The first-order valence-electron chi connectivity index (χ1n) is 6.09. The lowest BCUT2D eigenvalue weighted by molar-refractivity contribution is -0.138. The van der Waals surface area contributed by atoms with Gasteiger partial charge in [0.2, 0.25) is 0 Å². The van der Waals surface area contributed by atoms with E-state index in [1.54, 1.807) is 6.08 Å². The fraction of sp³-hybridized carbons (Fsp3) is 0.533. The molecule has 0 saturated heterocycles. The van der Waals surface area contributed by atoms with Crippen LogP contribution in [0.2, 0.25) is 0 Å². The molecule has 0 aromatic heterocycles. The van der Waals surface area contributed by atoms with E-state index in [2.05, 4.69) is 26.5 Å². The smallest absolute Gasteiger partial charge is 0.330 e. The van der Waals surface area contributed by atoms with E-state index in [0.717, 1.165) is 18.4 Å². The maximum Gasteiger partial charge on any atom is 0.330 e. The second-order valence-corrected chi connectivity index (χ2v) is 4.50. The average Bonchev–Trinajstić information content (AvgIpc) is 2.25. The monoisotopic (exact) mass is 236 g/mol. The molecule has 17 heavy (non-hydrogen) atoms. The Balaban J connectivity index is 4.18. The third kappa shape index (κ3) is 8.49. The van der Waals surface area contributed by atoms with E-state index >= 15 is 0 Å². The first-order valence-corrected chi connectivity index (χ1v) is 6.09. The van der Waals surface area contributed by atoms with Crippen LogP contribution in [0.15, 0.2) is 36.0 Å². The standard InChI is InChI=1S/C15H24O2/c1-6-7-8-15(16)17-11-14(13(4)5)10-9-12(2)3/h7-9,14H,4,6,10-11H2,1-3,5H3/b8-7+. The van der Waals surface area contributed by atoms with Crippen molar-refractivity contribution < 1.29 is 9.53 Å². The average molecular weight is 236 g/mol. The summed E-state index contributed by atoms with van der Waals surface area (Å²) >= 11 is 0. The summed E-state index contributed by atoms with van der Waals surface area (Å²) in [7, 11) is 0.